The predicted molar refractivity (Wildman–Crippen MR) is 72.8 cm³/mol. The van der Waals surface area contributed by atoms with Gasteiger partial charge < -0.3 is 19.9 Å². The van der Waals surface area contributed by atoms with E-state index in [-0.39, 0.29) is 0 Å². The number of hydrogen-bond donors (Lipinski definition) is 1. The van der Waals surface area contributed by atoms with E-state index in [1.54, 1.807) is 13.2 Å². The fourth-order valence-electron chi connectivity index (χ4n) is 1.39. The molecule has 0 aliphatic carbocycles. The highest BCUT2D eigenvalue weighted by Crippen LogP contribution is 2.18. The summed E-state index contributed by atoms with van der Waals surface area (Å²) >= 11 is 5.81. The molecule has 0 heterocycles. The van der Waals surface area contributed by atoms with Gasteiger partial charge in [-0.1, -0.05) is 17.7 Å². The minimum atomic E-state index is 0.501. The number of halogens is 1. The number of nitrogen functional groups attached to an aromatic ring is 1. The standard InChI is InChI=1S/C13H20ClNO3/c1-16-7-8-17-5-2-6-18-10-11-3-4-12(14)9-13(11)15/h3-4,9H,2,5-8,10,15H2,1H3. The second-order valence-corrected chi connectivity index (χ2v) is 4.29. The molecule has 0 spiro atoms. The zero-order chi connectivity index (χ0) is 13.2. The maximum atomic E-state index is 5.81. The van der Waals surface area contributed by atoms with Crippen molar-refractivity contribution in [1.82, 2.24) is 0 Å². The van der Waals surface area contributed by atoms with Crippen LogP contribution in [0.1, 0.15) is 12.0 Å². The monoisotopic (exact) mass is 273 g/mol. The molecular formula is C13H20ClNO3. The Hall–Kier alpha value is -0.810. The summed E-state index contributed by atoms with van der Waals surface area (Å²) in [7, 11) is 1.66. The lowest BCUT2D eigenvalue weighted by molar-refractivity contribution is 0.0484. The number of methoxy groups -OCH3 is 1. The van der Waals surface area contributed by atoms with Crippen molar-refractivity contribution in [1.29, 1.82) is 0 Å². The molecule has 0 amide bonds. The van der Waals surface area contributed by atoms with Crippen LogP contribution >= 0.6 is 11.6 Å². The third-order valence-corrected chi connectivity index (χ3v) is 2.61. The van der Waals surface area contributed by atoms with Crippen molar-refractivity contribution >= 4 is 17.3 Å². The summed E-state index contributed by atoms with van der Waals surface area (Å²) in [6.07, 6.45) is 0.858. The molecule has 1 aromatic rings. The summed E-state index contributed by atoms with van der Waals surface area (Å²) in [5.74, 6) is 0. The van der Waals surface area contributed by atoms with Crippen LogP contribution in [0, 0.1) is 0 Å². The molecule has 0 bridgehead atoms. The molecule has 0 radical (unpaired) electrons. The first-order valence-corrected chi connectivity index (χ1v) is 6.30. The Morgan fingerprint density at radius 1 is 1.11 bits per heavy atom. The van der Waals surface area contributed by atoms with Crippen LogP contribution in [0.4, 0.5) is 5.69 Å². The van der Waals surface area contributed by atoms with Gasteiger partial charge >= 0.3 is 0 Å². The largest absolute Gasteiger partial charge is 0.398 e. The van der Waals surface area contributed by atoms with E-state index in [0.29, 0.717) is 43.7 Å². The van der Waals surface area contributed by atoms with Crippen LogP contribution in [0.5, 0.6) is 0 Å². The van der Waals surface area contributed by atoms with E-state index in [0.717, 1.165) is 12.0 Å². The van der Waals surface area contributed by atoms with E-state index in [1.165, 1.54) is 0 Å². The Labute approximate surface area is 113 Å². The van der Waals surface area contributed by atoms with Crippen molar-refractivity contribution in [3.63, 3.8) is 0 Å². The first kappa shape index (κ1) is 15.2. The Kier molecular flexibility index (Phi) is 7.76. The predicted octanol–water partition coefficient (Wildman–Crippen LogP) is 2.49. The Bertz CT molecular complexity index is 347. The Balaban J connectivity index is 2.07. The van der Waals surface area contributed by atoms with Crippen LogP contribution in [0.15, 0.2) is 18.2 Å². The van der Waals surface area contributed by atoms with Gasteiger partial charge in [-0.05, 0) is 18.6 Å². The zero-order valence-electron chi connectivity index (χ0n) is 10.7. The summed E-state index contributed by atoms with van der Waals surface area (Å²) in [5.41, 5.74) is 7.44. The van der Waals surface area contributed by atoms with Crippen molar-refractivity contribution < 1.29 is 14.2 Å². The van der Waals surface area contributed by atoms with Crippen molar-refractivity contribution in [2.75, 3.05) is 39.3 Å². The lowest BCUT2D eigenvalue weighted by atomic mass is 10.2. The normalized spacial score (nSPS) is 10.8. The molecule has 0 atom stereocenters. The topological polar surface area (TPSA) is 53.7 Å². The number of rotatable bonds is 9. The van der Waals surface area contributed by atoms with Crippen LogP contribution in [-0.2, 0) is 20.8 Å². The number of anilines is 1. The second-order valence-electron chi connectivity index (χ2n) is 3.85. The van der Waals surface area contributed by atoms with E-state index >= 15 is 0 Å². The summed E-state index contributed by atoms with van der Waals surface area (Å²) in [6, 6.07) is 5.42. The average Bonchev–Trinajstić information content (AvgIpc) is 2.35. The minimum absolute atomic E-state index is 0.501. The van der Waals surface area contributed by atoms with Gasteiger partial charge in [-0.2, -0.15) is 0 Å². The van der Waals surface area contributed by atoms with Crippen LogP contribution in [0.2, 0.25) is 5.02 Å². The molecule has 0 fully saturated rings. The molecule has 0 saturated heterocycles. The summed E-state index contributed by atoms with van der Waals surface area (Å²) in [5, 5.41) is 0.641. The number of hydrogen-bond acceptors (Lipinski definition) is 4. The summed E-state index contributed by atoms with van der Waals surface area (Å²) in [6.45, 7) is 3.08. The van der Waals surface area contributed by atoms with Crippen LogP contribution in [0.25, 0.3) is 0 Å². The highest BCUT2D eigenvalue weighted by atomic mass is 35.5. The molecule has 1 rings (SSSR count). The van der Waals surface area contributed by atoms with Gasteiger partial charge in [-0.15, -0.1) is 0 Å². The summed E-state index contributed by atoms with van der Waals surface area (Å²) < 4.78 is 15.7. The SMILES string of the molecule is COCCOCCCOCc1ccc(Cl)cc1N. The van der Waals surface area contributed by atoms with E-state index in [1.807, 2.05) is 12.1 Å². The molecule has 102 valence electrons. The molecule has 0 saturated carbocycles. The zero-order valence-corrected chi connectivity index (χ0v) is 11.4. The quantitative estimate of drug-likeness (QED) is 0.555. The van der Waals surface area contributed by atoms with Gasteiger partial charge in [0.1, 0.15) is 0 Å². The van der Waals surface area contributed by atoms with Gasteiger partial charge in [0.15, 0.2) is 0 Å². The fourth-order valence-corrected chi connectivity index (χ4v) is 1.57. The van der Waals surface area contributed by atoms with Crippen molar-refractivity contribution in [3.8, 4) is 0 Å². The Morgan fingerprint density at radius 3 is 2.61 bits per heavy atom. The third kappa shape index (κ3) is 6.21. The molecule has 0 aromatic heterocycles. The Morgan fingerprint density at radius 2 is 1.89 bits per heavy atom. The third-order valence-electron chi connectivity index (χ3n) is 2.37. The van der Waals surface area contributed by atoms with Crippen LogP contribution in [0.3, 0.4) is 0 Å². The van der Waals surface area contributed by atoms with Crippen molar-refractivity contribution in [3.05, 3.63) is 28.8 Å². The lowest BCUT2D eigenvalue weighted by Gasteiger charge is -2.08. The molecule has 18 heavy (non-hydrogen) atoms. The van der Waals surface area contributed by atoms with Crippen molar-refractivity contribution in [2.24, 2.45) is 0 Å². The maximum absolute atomic E-state index is 5.81. The van der Waals surface area contributed by atoms with E-state index in [9.17, 15) is 0 Å². The minimum Gasteiger partial charge on any atom is -0.398 e. The average molecular weight is 274 g/mol. The number of ether oxygens (including phenoxy) is 3. The molecule has 0 aliphatic rings. The van der Waals surface area contributed by atoms with Crippen LogP contribution in [-0.4, -0.2) is 33.5 Å². The molecule has 0 aliphatic heterocycles. The van der Waals surface area contributed by atoms with E-state index in [2.05, 4.69) is 0 Å². The maximum Gasteiger partial charge on any atom is 0.0736 e. The second kappa shape index (κ2) is 9.16. The van der Waals surface area contributed by atoms with Crippen molar-refractivity contribution in [2.45, 2.75) is 13.0 Å². The number of nitrogens with two attached hydrogens (primary N) is 1. The number of benzene rings is 1. The fraction of sp³-hybridized carbons (Fsp3) is 0.538. The van der Waals surface area contributed by atoms with Gasteiger partial charge in [0, 0.05) is 36.6 Å². The molecule has 4 nitrogen and oxygen atoms in total. The van der Waals surface area contributed by atoms with E-state index in [4.69, 9.17) is 31.5 Å². The molecule has 0 unspecified atom stereocenters. The smallest absolute Gasteiger partial charge is 0.0736 e. The van der Waals surface area contributed by atoms with Gasteiger partial charge in [-0.25, -0.2) is 0 Å². The lowest BCUT2D eigenvalue weighted by Crippen LogP contribution is -2.06. The first-order chi connectivity index (χ1) is 8.74. The highest BCUT2D eigenvalue weighted by molar-refractivity contribution is 6.30. The van der Waals surface area contributed by atoms with Crippen LogP contribution < -0.4 is 5.73 Å². The molecule has 5 heteroatoms. The molecule has 2 N–H and O–H groups in total. The van der Waals surface area contributed by atoms with Gasteiger partial charge in [0.2, 0.25) is 0 Å². The highest BCUT2D eigenvalue weighted by Gasteiger charge is 2.00. The summed E-state index contributed by atoms with van der Waals surface area (Å²) in [4.78, 5) is 0. The molecular weight excluding hydrogens is 254 g/mol. The van der Waals surface area contributed by atoms with Gasteiger partial charge in [0.05, 0.1) is 19.8 Å². The van der Waals surface area contributed by atoms with Gasteiger partial charge in [0.25, 0.3) is 0 Å². The molecule has 1 aromatic carbocycles. The van der Waals surface area contributed by atoms with Gasteiger partial charge in [-0.3, -0.25) is 0 Å². The van der Waals surface area contributed by atoms with E-state index < -0.39 is 0 Å². The first-order valence-electron chi connectivity index (χ1n) is 5.92.